The smallest absolute Gasteiger partial charge is 0.337 e. The summed E-state index contributed by atoms with van der Waals surface area (Å²) in [5, 5.41) is 13.8. The Labute approximate surface area is 149 Å². The SMILES string of the molecule is COC(=O)c1ccc(C2NC(C(=O)O)Cc3c2[nH]c2ccccc32)cc1. The van der Waals surface area contributed by atoms with Crippen molar-refractivity contribution in [2.24, 2.45) is 0 Å². The highest BCUT2D eigenvalue weighted by molar-refractivity contribution is 5.89. The molecule has 1 aliphatic heterocycles. The molecular formula is C20H18N2O4. The van der Waals surface area contributed by atoms with Gasteiger partial charge in [-0.15, -0.1) is 0 Å². The van der Waals surface area contributed by atoms with Crippen LogP contribution in [0.15, 0.2) is 48.5 Å². The number of carbonyl (C=O) groups is 2. The van der Waals surface area contributed by atoms with E-state index in [4.69, 9.17) is 4.74 Å². The molecule has 2 aromatic carbocycles. The molecule has 0 bridgehead atoms. The van der Waals surface area contributed by atoms with Crippen LogP contribution in [0.25, 0.3) is 10.9 Å². The Hall–Kier alpha value is -3.12. The monoisotopic (exact) mass is 350 g/mol. The van der Waals surface area contributed by atoms with Crippen molar-refractivity contribution in [3.05, 3.63) is 70.9 Å². The Kier molecular flexibility index (Phi) is 3.97. The van der Waals surface area contributed by atoms with E-state index in [1.807, 2.05) is 36.4 Å². The number of hydrogen-bond donors (Lipinski definition) is 3. The summed E-state index contributed by atoms with van der Waals surface area (Å²) >= 11 is 0. The minimum absolute atomic E-state index is 0.293. The number of carbonyl (C=O) groups excluding carboxylic acids is 1. The molecule has 0 aliphatic carbocycles. The summed E-state index contributed by atoms with van der Waals surface area (Å²) in [4.78, 5) is 26.7. The molecule has 0 saturated carbocycles. The molecule has 3 aromatic rings. The molecule has 0 saturated heterocycles. The fourth-order valence-electron chi connectivity index (χ4n) is 3.59. The van der Waals surface area contributed by atoms with E-state index in [9.17, 15) is 14.7 Å². The van der Waals surface area contributed by atoms with Crippen LogP contribution in [0.3, 0.4) is 0 Å². The summed E-state index contributed by atoms with van der Waals surface area (Å²) in [5.41, 5.74) is 4.32. The number of carboxylic acid groups (broad SMARTS) is 1. The summed E-state index contributed by atoms with van der Waals surface area (Å²) in [6.45, 7) is 0. The third-order valence-corrected chi connectivity index (χ3v) is 4.87. The molecule has 6 nitrogen and oxygen atoms in total. The van der Waals surface area contributed by atoms with Gasteiger partial charge in [0.1, 0.15) is 6.04 Å². The lowest BCUT2D eigenvalue weighted by atomic mass is 9.90. The number of benzene rings is 2. The second-order valence-electron chi connectivity index (χ2n) is 6.37. The number of rotatable bonds is 3. The number of ether oxygens (including phenoxy) is 1. The van der Waals surface area contributed by atoms with Gasteiger partial charge in [0.05, 0.1) is 18.7 Å². The maximum absolute atomic E-state index is 11.6. The molecule has 0 fully saturated rings. The Balaban J connectivity index is 1.80. The predicted octanol–water partition coefficient (Wildman–Crippen LogP) is 2.64. The maximum Gasteiger partial charge on any atom is 0.337 e. The van der Waals surface area contributed by atoms with Crippen LogP contribution >= 0.6 is 0 Å². The van der Waals surface area contributed by atoms with E-state index >= 15 is 0 Å². The van der Waals surface area contributed by atoms with Crippen molar-refractivity contribution in [3.8, 4) is 0 Å². The van der Waals surface area contributed by atoms with Gasteiger partial charge in [0.15, 0.2) is 0 Å². The van der Waals surface area contributed by atoms with Crippen LogP contribution in [0.1, 0.15) is 33.2 Å². The van der Waals surface area contributed by atoms with E-state index in [1.54, 1.807) is 12.1 Å². The van der Waals surface area contributed by atoms with Crippen molar-refractivity contribution in [2.75, 3.05) is 7.11 Å². The van der Waals surface area contributed by atoms with E-state index in [1.165, 1.54) is 7.11 Å². The first-order valence-corrected chi connectivity index (χ1v) is 8.35. The Morgan fingerprint density at radius 1 is 1.12 bits per heavy atom. The van der Waals surface area contributed by atoms with Crippen molar-refractivity contribution in [2.45, 2.75) is 18.5 Å². The Bertz CT molecular complexity index is 991. The van der Waals surface area contributed by atoms with Gasteiger partial charge in [-0.2, -0.15) is 0 Å². The molecule has 0 amide bonds. The number of aromatic amines is 1. The first-order valence-electron chi connectivity index (χ1n) is 8.35. The van der Waals surface area contributed by atoms with E-state index in [-0.39, 0.29) is 6.04 Å². The molecule has 1 aliphatic rings. The lowest BCUT2D eigenvalue weighted by molar-refractivity contribution is -0.139. The van der Waals surface area contributed by atoms with Crippen LogP contribution in [0, 0.1) is 0 Å². The van der Waals surface area contributed by atoms with Crippen molar-refractivity contribution in [3.63, 3.8) is 0 Å². The number of aliphatic carboxylic acids is 1. The highest BCUT2D eigenvalue weighted by atomic mass is 16.5. The topological polar surface area (TPSA) is 91.4 Å². The van der Waals surface area contributed by atoms with Crippen LogP contribution < -0.4 is 5.32 Å². The van der Waals surface area contributed by atoms with E-state index < -0.39 is 18.0 Å². The highest BCUT2D eigenvalue weighted by Gasteiger charge is 2.33. The number of hydrogen-bond acceptors (Lipinski definition) is 4. The van der Waals surface area contributed by atoms with E-state index in [0.717, 1.165) is 27.7 Å². The number of esters is 1. The number of carboxylic acids is 1. The molecule has 0 spiro atoms. The number of aromatic nitrogens is 1. The van der Waals surface area contributed by atoms with E-state index in [0.29, 0.717) is 12.0 Å². The summed E-state index contributed by atoms with van der Waals surface area (Å²) in [6.07, 6.45) is 0.422. The van der Waals surface area contributed by atoms with Gasteiger partial charge in [-0.05, 0) is 29.3 Å². The van der Waals surface area contributed by atoms with Crippen LogP contribution in [0.2, 0.25) is 0 Å². The third-order valence-electron chi connectivity index (χ3n) is 4.87. The van der Waals surface area contributed by atoms with Gasteiger partial charge < -0.3 is 14.8 Å². The molecule has 132 valence electrons. The lowest BCUT2D eigenvalue weighted by Crippen LogP contribution is -2.44. The molecule has 4 rings (SSSR count). The van der Waals surface area contributed by atoms with Gasteiger partial charge in [-0.25, -0.2) is 4.79 Å². The fourth-order valence-corrected chi connectivity index (χ4v) is 3.59. The molecule has 0 radical (unpaired) electrons. The number of H-pyrrole nitrogens is 1. The van der Waals surface area contributed by atoms with Crippen LogP contribution in [-0.4, -0.2) is 35.2 Å². The third kappa shape index (κ3) is 2.64. The quantitative estimate of drug-likeness (QED) is 0.632. The van der Waals surface area contributed by atoms with Gasteiger partial charge >= 0.3 is 11.9 Å². The van der Waals surface area contributed by atoms with Crippen LogP contribution in [0.4, 0.5) is 0 Å². The van der Waals surface area contributed by atoms with Gasteiger partial charge in [-0.3, -0.25) is 10.1 Å². The molecule has 2 heterocycles. The van der Waals surface area contributed by atoms with Gasteiger partial charge in [0.2, 0.25) is 0 Å². The zero-order chi connectivity index (χ0) is 18.3. The van der Waals surface area contributed by atoms with Gasteiger partial charge in [-0.1, -0.05) is 30.3 Å². The largest absolute Gasteiger partial charge is 0.480 e. The second kappa shape index (κ2) is 6.31. The van der Waals surface area contributed by atoms with E-state index in [2.05, 4.69) is 10.3 Å². The zero-order valence-electron chi connectivity index (χ0n) is 14.2. The second-order valence-corrected chi connectivity index (χ2v) is 6.37. The van der Waals surface area contributed by atoms with Crippen molar-refractivity contribution >= 4 is 22.8 Å². The number of nitrogens with one attached hydrogen (secondary N) is 2. The lowest BCUT2D eigenvalue weighted by Gasteiger charge is -2.29. The first kappa shape index (κ1) is 16.4. The van der Waals surface area contributed by atoms with Gasteiger partial charge in [0, 0.05) is 23.0 Å². The number of fused-ring (bicyclic) bond motifs is 3. The molecule has 1 aromatic heterocycles. The van der Waals surface area contributed by atoms with Crippen molar-refractivity contribution < 1.29 is 19.4 Å². The van der Waals surface area contributed by atoms with Gasteiger partial charge in [0.25, 0.3) is 0 Å². The maximum atomic E-state index is 11.6. The van der Waals surface area contributed by atoms with Crippen LogP contribution in [-0.2, 0) is 16.0 Å². The summed E-state index contributed by atoms with van der Waals surface area (Å²) < 4.78 is 4.73. The number of methoxy groups -OCH3 is 1. The molecule has 2 atom stereocenters. The molecule has 2 unspecified atom stereocenters. The average Bonchev–Trinajstić information content (AvgIpc) is 3.05. The fraction of sp³-hybridized carbons (Fsp3) is 0.200. The zero-order valence-corrected chi connectivity index (χ0v) is 14.2. The first-order chi connectivity index (χ1) is 12.6. The standard InChI is InChI=1S/C20H18N2O4/c1-26-20(25)12-8-6-11(7-9-12)17-18-14(10-16(22-17)19(23)24)13-4-2-3-5-15(13)21-18/h2-9,16-17,21-22H,10H2,1H3,(H,23,24). The van der Waals surface area contributed by atoms with Crippen molar-refractivity contribution in [1.29, 1.82) is 0 Å². The predicted molar refractivity (Wildman–Crippen MR) is 96.2 cm³/mol. The molecule has 3 N–H and O–H groups in total. The van der Waals surface area contributed by atoms with Crippen molar-refractivity contribution in [1.82, 2.24) is 10.3 Å². The highest BCUT2D eigenvalue weighted by Crippen LogP contribution is 2.35. The Morgan fingerprint density at radius 2 is 1.85 bits per heavy atom. The normalized spacial score (nSPS) is 19.1. The molecular weight excluding hydrogens is 332 g/mol. The van der Waals surface area contributed by atoms with Crippen LogP contribution in [0.5, 0.6) is 0 Å². The summed E-state index contributed by atoms with van der Waals surface area (Å²) in [5.74, 6) is -1.28. The minimum Gasteiger partial charge on any atom is -0.480 e. The summed E-state index contributed by atoms with van der Waals surface area (Å²) in [7, 11) is 1.34. The number of para-hydroxylation sites is 1. The average molecular weight is 350 g/mol. The molecule has 26 heavy (non-hydrogen) atoms. The molecule has 6 heteroatoms. The minimum atomic E-state index is -0.878. The Morgan fingerprint density at radius 3 is 2.54 bits per heavy atom. The summed E-state index contributed by atoms with van der Waals surface area (Å²) in [6, 6.07) is 14.0.